The third-order valence-corrected chi connectivity index (χ3v) is 3.45. The number of amides is 1. The molecule has 0 heterocycles. The van der Waals surface area contributed by atoms with Crippen molar-refractivity contribution in [2.75, 3.05) is 30.9 Å². The van der Waals surface area contributed by atoms with Crippen LogP contribution >= 0.6 is 11.6 Å². The predicted molar refractivity (Wildman–Crippen MR) is 92.6 cm³/mol. The Bertz CT molecular complexity index is 609. The summed E-state index contributed by atoms with van der Waals surface area (Å²) in [6, 6.07) is 15.3. The van der Waals surface area contributed by atoms with Gasteiger partial charge in [0.05, 0.1) is 6.54 Å². The lowest BCUT2D eigenvalue weighted by atomic mass is 10.2. The molecule has 2 aromatic rings. The summed E-state index contributed by atoms with van der Waals surface area (Å²) in [4.78, 5) is 13.9. The zero-order valence-corrected chi connectivity index (χ0v) is 13.5. The number of carbonyl (C=O) groups excluding carboxylic acids is 1. The SMILES string of the molecule is CN(C)c1ccc(NC(=O)CNCc2ccc(Cl)cc2)cc1. The van der Waals surface area contributed by atoms with Crippen LogP contribution in [0.5, 0.6) is 0 Å². The molecule has 1 amide bonds. The Morgan fingerprint density at radius 2 is 1.68 bits per heavy atom. The number of rotatable bonds is 6. The second-order valence-electron chi connectivity index (χ2n) is 5.22. The van der Waals surface area contributed by atoms with Gasteiger partial charge in [-0.05, 0) is 42.0 Å². The van der Waals surface area contributed by atoms with Gasteiger partial charge >= 0.3 is 0 Å². The Morgan fingerprint density at radius 1 is 1.05 bits per heavy atom. The fourth-order valence-electron chi connectivity index (χ4n) is 1.97. The standard InChI is InChI=1S/C17H20ClN3O/c1-21(2)16-9-7-15(8-10-16)20-17(22)12-19-11-13-3-5-14(18)6-4-13/h3-10,19H,11-12H2,1-2H3,(H,20,22). The van der Waals surface area contributed by atoms with Crippen molar-refractivity contribution in [3.05, 3.63) is 59.1 Å². The molecule has 0 aliphatic carbocycles. The molecule has 0 radical (unpaired) electrons. The summed E-state index contributed by atoms with van der Waals surface area (Å²) in [6.45, 7) is 0.891. The van der Waals surface area contributed by atoms with Gasteiger partial charge in [-0.25, -0.2) is 0 Å². The molecule has 5 heteroatoms. The van der Waals surface area contributed by atoms with E-state index in [0.717, 1.165) is 16.9 Å². The van der Waals surface area contributed by atoms with Gasteiger partial charge in [0, 0.05) is 37.0 Å². The van der Waals surface area contributed by atoms with Crippen molar-refractivity contribution in [2.45, 2.75) is 6.54 Å². The Labute approximate surface area is 136 Å². The number of carbonyl (C=O) groups is 1. The van der Waals surface area contributed by atoms with Crippen LogP contribution in [0.4, 0.5) is 11.4 Å². The summed E-state index contributed by atoms with van der Waals surface area (Å²) < 4.78 is 0. The van der Waals surface area contributed by atoms with Crippen LogP contribution in [0.25, 0.3) is 0 Å². The molecule has 0 saturated carbocycles. The molecule has 0 bridgehead atoms. The largest absolute Gasteiger partial charge is 0.378 e. The number of hydrogen-bond donors (Lipinski definition) is 2. The Hall–Kier alpha value is -2.04. The highest BCUT2D eigenvalue weighted by molar-refractivity contribution is 6.30. The van der Waals surface area contributed by atoms with Crippen LogP contribution in [-0.4, -0.2) is 26.5 Å². The molecule has 4 nitrogen and oxygen atoms in total. The molecular weight excluding hydrogens is 298 g/mol. The zero-order chi connectivity index (χ0) is 15.9. The van der Waals surface area contributed by atoms with Crippen LogP contribution in [0.1, 0.15) is 5.56 Å². The van der Waals surface area contributed by atoms with Gasteiger partial charge < -0.3 is 15.5 Å². The highest BCUT2D eigenvalue weighted by atomic mass is 35.5. The lowest BCUT2D eigenvalue weighted by Crippen LogP contribution is -2.27. The van der Waals surface area contributed by atoms with E-state index in [1.807, 2.05) is 67.5 Å². The summed E-state index contributed by atoms with van der Waals surface area (Å²) in [6.07, 6.45) is 0. The Morgan fingerprint density at radius 3 is 2.27 bits per heavy atom. The average Bonchev–Trinajstić information content (AvgIpc) is 2.50. The Balaban J connectivity index is 1.76. The van der Waals surface area contributed by atoms with Crippen molar-refractivity contribution in [1.29, 1.82) is 0 Å². The third-order valence-electron chi connectivity index (χ3n) is 3.20. The van der Waals surface area contributed by atoms with E-state index in [-0.39, 0.29) is 12.5 Å². The summed E-state index contributed by atoms with van der Waals surface area (Å²) in [5.41, 5.74) is 2.98. The van der Waals surface area contributed by atoms with Gasteiger partial charge in [-0.3, -0.25) is 4.79 Å². The number of nitrogens with zero attached hydrogens (tertiary/aromatic N) is 1. The van der Waals surface area contributed by atoms with Gasteiger partial charge in [0.25, 0.3) is 0 Å². The maximum Gasteiger partial charge on any atom is 0.238 e. The van der Waals surface area contributed by atoms with Crippen molar-refractivity contribution in [3.8, 4) is 0 Å². The molecule has 0 aliphatic heterocycles. The smallest absolute Gasteiger partial charge is 0.238 e. The molecule has 0 saturated heterocycles. The van der Waals surface area contributed by atoms with Crippen molar-refractivity contribution >= 4 is 28.9 Å². The molecule has 0 aromatic heterocycles. The number of benzene rings is 2. The van der Waals surface area contributed by atoms with Gasteiger partial charge in [-0.1, -0.05) is 23.7 Å². The molecule has 22 heavy (non-hydrogen) atoms. The minimum atomic E-state index is -0.0634. The quantitative estimate of drug-likeness (QED) is 0.860. The summed E-state index contributed by atoms with van der Waals surface area (Å²) in [5, 5.41) is 6.68. The van der Waals surface area contributed by atoms with Crippen molar-refractivity contribution < 1.29 is 4.79 Å². The lowest BCUT2D eigenvalue weighted by Gasteiger charge is -2.13. The fourth-order valence-corrected chi connectivity index (χ4v) is 2.10. The third kappa shape index (κ3) is 5.06. The van der Waals surface area contributed by atoms with Crippen LogP contribution < -0.4 is 15.5 Å². The van der Waals surface area contributed by atoms with E-state index < -0.39 is 0 Å². The molecule has 116 valence electrons. The maximum atomic E-state index is 11.9. The molecule has 2 aromatic carbocycles. The summed E-state index contributed by atoms with van der Waals surface area (Å²) in [7, 11) is 3.96. The van der Waals surface area contributed by atoms with Crippen LogP contribution in [0.2, 0.25) is 5.02 Å². The van der Waals surface area contributed by atoms with Gasteiger partial charge in [0.1, 0.15) is 0 Å². The van der Waals surface area contributed by atoms with E-state index >= 15 is 0 Å². The second kappa shape index (κ2) is 7.82. The first-order valence-electron chi connectivity index (χ1n) is 7.07. The molecular formula is C17H20ClN3O. The van der Waals surface area contributed by atoms with E-state index in [2.05, 4.69) is 10.6 Å². The van der Waals surface area contributed by atoms with E-state index in [1.165, 1.54) is 0 Å². The molecule has 0 spiro atoms. The molecule has 0 atom stereocenters. The van der Waals surface area contributed by atoms with E-state index in [0.29, 0.717) is 11.6 Å². The first kappa shape index (κ1) is 16.3. The minimum Gasteiger partial charge on any atom is -0.378 e. The van der Waals surface area contributed by atoms with Gasteiger partial charge in [-0.2, -0.15) is 0 Å². The van der Waals surface area contributed by atoms with Crippen molar-refractivity contribution in [3.63, 3.8) is 0 Å². The van der Waals surface area contributed by atoms with Gasteiger partial charge in [-0.15, -0.1) is 0 Å². The lowest BCUT2D eigenvalue weighted by molar-refractivity contribution is -0.115. The van der Waals surface area contributed by atoms with Gasteiger partial charge in [0.2, 0.25) is 5.91 Å². The minimum absolute atomic E-state index is 0.0634. The fraction of sp³-hybridized carbons (Fsp3) is 0.235. The van der Waals surface area contributed by atoms with Crippen LogP contribution in [0, 0.1) is 0 Å². The highest BCUT2D eigenvalue weighted by Gasteiger charge is 2.03. The summed E-state index contributed by atoms with van der Waals surface area (Å²) in [5.74, 6) is -0.0634. The summed E-state index contributed by atoms with van der Waals surface area (Å²) >= 11 is 5.83. The monoisotopic (exact) mass is 317 g/mol. The van der Waals surface area contributed by atoms with Crippen molar-refractivity contribution in [1.82, 2.24) is 5.32 Å². The van der Waals surface area contributed by atoms with E-state index in [9.17, 15) is 4.79 Å². The zero-order valence-electron chi connectivity index (χ0n) is 12.8. The topological polar surface area (TPSA) is 44.4 Å². The Kier molecular flexibility index (Phi) is 5.81. The van der Waals surface area contributed by atoms with E-state index in [1.54, 1.807) is 0 Å². The number of nitrogens with one attached hydrogen (secondary N) is 2. The molecule has 0 unspecified atom stereocenters. The second-order valence-corrected chi connectivity index (χ2v) is 5.66. The molecule has 2 N–H and O–H groups in total. The number of anilines is 2. The van der Waals surface area contributed by atoms with Crippen LogP contribution in [-0.2, 0) is 11.3 Å². The molecule has 2 rings (SSSR count). The first-order chi connectivity index (χ1) is 10.5. The van der Waals surface area contributed by atoms with E-state index in [4.69, 9.17) is 11.6 Å². The van der Waals surface area contributed by atoms with Crippen LogP contribution in [0.15, 0.2) is 48.5 Å². The highest BCUT2D eigenvalue weighted by Crippen LogP contribution is 2.15. The van der Waals surface area contributed by atoms with Crippen LogP contribution in [0.3, 0.4) is 0 Å². The maximum absolute atomic E-state index is 11.9. The number of halogens is 1. The first-order valence-corrected chi connectivity index (χ1v) is 7.45. The predicted octanol–water partition coefficient (Wildman–Crippen LogP) is 3.13. The molecule has 0 aliphatic rings. The molecule has 0 fully saturated rings. The average molecular weight is 318 g/mol. The van der Waals surface area contributed by atoms with Gasteiger partial charge in [0.15, 0.2) is 0 Å². The van der Waals surface area contributed by atoms with Crippen molar-refractivity contribution in [2.24, 2.45) is 0 Å². The normalized spacial score (nSPS) is 10.3. The number of hydrogen-bond acceptors (Lipinski definition) is 3.